The molecule has 88 valence electrons. The van der Waals surface area contributed by atoms with E-state index in [9.17, 15) is 4.79 Å². The number of anilines is 2. The molecule has 0 atom stereocenters. The minimum absolute atomic E-state index is 0.0723. The lowest BCUT2D eigenvalue weighted by molar-refractivity contribution is -0.116. The van der Waals surface area contributed by atoms with Crippen LogP contribution in [0.3, 0.4) is 0 Å². The second-order valence-electron chi connectivity index (χ2n) is 3.44. The molecule has 0 spiro atoms. The minimum atomic E-state index is -0.416. The number of carbonyl (C=O) groups is 1. The van der Waals surface area contributed by atoms with Gasteiger partial charge in [0.1, 0.15) is 17.5 Å². The van der Waals surface area contributed by atoms with E-state index < -0.39 is 5.91 Å². The molecule has 0 bridgehead atoms. The van der Waals surface area contributed by atoms with Gasteiger partial charge in [-0.3, -0.25) is 4.79 Å². The molecule has 1 rings (SSSR count). The molecular formula is C10H17N5O. The van der Waals surface area contributed by atoms with Crippen molar-refractivity contribution in [3.8, 4) is 0 Å². The second-order valence-corrected chi connectivity index (χ2v) is 3.44. The van der Waals surface area contributed by atoms with Gasteiger partial charge in [-0.2, -0.15) is 0 Å². The van der Waals surface area contributed by atoms with Crippen LogP contribution < -0.4 is 16.4 Å². The van der Waals surface area contributed by atoms with Crippen LogP contribution in [0.15, 0.2) is 0 Å². The standard InChI is InChI=1S/C10H17N5O/c1-4-12-9-6(2)10(13-5-8(11)16)15-7(3)14-9/h4-5H2,1-3H3,(H2,11,16)(H2,12,13,14,15). The highest BCUT2D eigenvalue weighted by Crippen LogP contribution is 2.19. The predicted octanol–water partition coefficient (Wildman–Crippen LogP) is 0.422. The molecule has 6 nitrogen and oxygen atoms in total. The zero-order valence-electron chi connectivity index (χ0n) is 9.79. The van der Waals surface area contributed by atoms with Gasteiger partial charge in [0.15, 0.2) is 0 Å². The van der Waals surface area contributed by atoms with E-state index in [0.29, 0.717) is 11.6 Å². The normalized spacial score (nSPS) is 9.94. The highest BCUT2D eigenvalue weighted by Gasteiger charge is 2.08. The molecule has 1 aromatic heterocycles. The van der Waals surface area contributed by atoms with Crippen molar-refractivity contribution in [2.75, 3.05) is 23.7 Å². The maximum atomic E-state index is 10.7. The smallest absolute Gasteiger partial charge is 0.236 e. The van der Waals surface area contributed by atoms with Crippen molar-refractivity contribution in [2.24, 2.45) is 5.73 Å². The quantitative estimate of drug-likeness (QED) is 0.672. The van der Waals surface area contributed by atoms with Crippen molar-refractivity contribution < 1.29 is 4.79 Å². The Hall–Kier alpha value is -1.85. The van der Waals surface area contributed by atoms with E-state index in [1.165, 1.54) is 0 Å². The molecule has 1 amide bonds. The van der Waals surface area contributed by atoms with Gasteiger partial charge in [0, 0.05) is 12.1 Å². The maximum Gasteiger partial charge on any atom is 0.236 e. The Bertz CT molecular complexity index is 391. The first-order valence-electron chi connectivity index (χ1n) is 5.15. The lowest BCUT2D eigenvalue weighted by atomic mass is 10.3. The number of hydrogen-bond donors (Lipinski definition) is 3. The van der Waals surface area contributed by atoms with E-state index in [0.717, 1.165) is 17.9 Å². The Morgan fingerprint density at radius 1 is 1.25 bits per heavy atom. The molecule has 0 radical (unpaired) electrons. The first kappa shape index (κ1) is 12.2. The van der Waals surface area contributed by atoms with Gasteiger partial charge < -0.3 is 16.4 Å². The lowest BCUT2D eigenvalue weighted by Crippen LogP contribution is -2.23. The number of hydrogen-bond acceptors (Lipinski definition) is 5. The third-order valence-corrected chi connectivity index (χ3v) is 2.03. The Morgan fingerprint density at radius 2 is 1.81 bits per heavy atom. The molecule has 0 saturated heterocycles. The number of aryl methyl sites for hydroxylation is 1. The summed E-state index contributed by atoms with van der Waals surface area (Å²) in [5.41, 5.74) is 5.95. The lowest BCUT2D eigenvalue weighted by Gasteiger charge is -2.12. The van der Waals surface area contributed by atoms with Gasteiger partial charge in [-0.25, -0.2) is 9.97 Å². The highest BCUT2D eigenvalue weighted by molar-refractivity contribution is 5.79. The molecule has 0 aliphatic carbocycles. The zero-order valence-corrected chi connectivity index (χ0v) is 9.79. The van der Waals surface area contributed by atoms with E-state index in [4.69, 9.17) is 5.73 Å². The Balaban J connectivity index is 2.94. The number of primary amides is 1. The fraction of sp³-hybridized carbons (Fsp3) is 0.500. The summed E-state index contributed by atoms with van der Waals surface area (Å²) in [6, 6.07) is 0. The fourth-order valence-corrected chi connectivity index (χ4v) is 1.31. The Morgan fingerprint density at radius 3 is 2.31 bits per heavy atom. The van der Waals surface area contributed by atoms with Crippen LogP contribution in [-0.4, -0.2) is 29.0 Å². The third kappa shape index (κ3) is 3.08. The van der Waals surface area contributed by atoms with Crippen LogP contribution in [0.2, 0.25) is 0 Å². The molecule has 0 fully saturated rings. The molecule has 0 aliphatic rings. The maximum absolute atomic E-state index is 10.7. The Labute approximate surface area is 94.7 Å². The van der Waals surface area contributed by atoms with Crippen LogP contribution in [0.5, 0.6) is 0 Å². The number of amides is 1. The summed E-state index contributed by atoms with van der Waals surface area (Å²) in [5, 5.41) is 6.02. The molecular weight excluding hydrogens is 206 g/mol. The van der Waals surface area contributed by atoms with E-state index in [-0.39, 0.29) is 6.54 Å². The molecule has 16 heavy (non-hydrogen) atoms. The summed E-state index contributed by atoms with van der Waals surface area (Å²) >= 11 is 0. The average molecular weight is 223 g/mol. The van der Waals surface area contributed by atoms with Crippen molar-refractivity contribution in [2.45, 2.75) is 20.8 Å². The monoisotopic (exact) mass is 223 g/mol. The van der Waals surface area contributed by atoms with Crippen molar-refractivity contribution in [1.82, 2.24) is 9.97 Å². The summed E-state index contributed by atoms with van der Waals surface area (Å²) in [6.45, 7) is 6.54. The number of nitrogens with two attached hydrogens (primary N) is 1. The SMILES string of the molecule is CCNc1nc(C)nc(NCC(N)=O)c1C. The summed E-state index contributed by atoms with van der Waals surface area (Å²) in [4.78, 5) is 19.2. The number of nitrogens with one attached hydrogen (secondary N) is 2. The van der Waals surface area contributed by atoms with Crippen molar-refractivity contribution >= 4 is 17.5 Å². The van der Waals surface area contributed by atoms with Crippen LogP contribution in [0.1, 0.15) is 18.3 Å². The van der Waals surface area contributed by atoms with Crippen LogP contribution >= 0.6 is 0 Å². The molecule has 0 unspecified atom stereocenters. The number of nitrogens with zero attached hydrogens (tertiary/aromatic N) is 2. The van der Waals surface area contributed by atoms with Crippen LogP contribution in [0, 0.1) is 13.8 Å². The van der Waals surface area contributed by atoms with Crippen LogP contribution in [0.25, 0.3) is 0 Å². The predicted molar refractivity (Wildman–Crippen MR) is 63.4 cm³/mol. The number of rotatable bonds is 5. The largest absolute Gasteiger partial charge is 0.370 e. The van der Waals surface area contributed by atoms with E-state index in [1.54, 1.807) is 6.92 Å². The van der Waals surface area contributed by atoms with E-state index in [2.05, 4.69) is 20.6 Å². The number of aromatic nitrogens is 2. The van der Waals surface area contributed by atoms with Crippen molar-refractivity contribution in [1.29, 1.82) is 0 Å². The van der Waals surface area contributed by atoms with Gasteiger partial charge in [-0.1, -0.05) is 0 Å². The molecule has 4 N–H and O–H groups in total. The topological polar surface area (TPSA) is 92.9 Å². The summed E-state index contributed by atoms with van der Waals surface area (Å²) in [6.07, 6.45) is 0. The first-order chi connectivity index (χ1) is 7.54. The van der Waals surface area contributed by atoms with Gasteiger partial charge >= 0.3 is 0 Å². The average Bonchev–Trinajstić information content (AvgIpc) is 2.21. The molecule has 0 aromatic carbocycles. The third-order valence-electron chi connectivity index (χ3n) is 2.03. The van der Waals surface area contributed by atoms with Gasteiger partial charge in [-0.05, 0) is 20.8 Å². The van der Waals surface area contributed by atoms with Gasteiger partial charge in [-0.15, -0.1) is 0 Å². The van der Waals surface area contributed by atoms with Gasteiger partial charge in [0.25, 0.3) is 0 Å². The van der Waals surface area contributed by atoms with Gasteiger partial charge in [0.05, 0.1) is 6.54 Å². The van der Waals surface area contributed by atoms with E-state index in [1.807, 2.05) is 13.8 Å². The molecule has 1 aromatic rings. The summed E-state index contributed by atoms with van der Waals surface area (Å²) in [7, 11) is 0. The minimum Gasteiger partial charge on any atom is -0.370 e. The van der Waals surface area contributed by atoms with Crippen LogP contribution in [-0.2, 0) is 4.79 Å². The molecule has 1 heterocycles. The first-order valence-corrected chi connectivity index (χ1v) is 5.15. The van der Waals surface area contributed by atoms with Crippen LogP contribution in [0.4, 0.5) is 11.6 Å². The van der Waals surface area contributed by atoms with Gasteiger partial charge in [0.2, 0.25) is 5.91 Å². The molecule has 6 heteroatoms. The van der Waals surface area contributed by atoms with Crippen molar-refractivity contribution in [3.05, 3.63) is 11.4 Å². The molecule has 0 saturated carbocycles. The second kappa shape index (κ2) is 5.29. The molecule has 0 aliphatic heterocycles. The van der Waals surface area contributed by atoms with E-state index >= 15 is 0 Å². The number of carbonyl (C=O) groups excluding carboxylic acids is 1. The fourth-order valence-electron chi connectivity index (χ4n) is 1.31. The highest BCUT2D eigenvalue weighted by atomic mass is 16.1. The summed E-state index contributed by atoms with van der Waals surface area (Å²) < 4.78 is 0. The van der Waals surface area contributed by atoms with Crippen molar-refractivity contribution in [3.63, 3.8) is 0 Å². The summed E-state index contributed by atoms with van der Waals surface area (Å²) in [5.74, 6) is 1.65. The zero-order chi connectivity index (χ0) is 12.1. The Kier molecular flexibility index (Phi) is 4.04.